The summed E-state index contributed by atoms with van der Waals surface area (Å²) < 4.78 is 46.5. The summed E-state index contributed by atoms with van der Waals surface area (Å²) >= 11 is 0. The molecule has 8 heteroatoms. The maximum atomic E-state index is 11.4. The number of benzene rings is 1. The first-order valence-electron chi connectivity index (χ1n) is 4.61. The molecule has 0 aromatic heterocycles. The van der Waals surface area contributed by atoms with Crippen LogP contribution in [-0.2, 0) is 26.4 Å². The van der Waals surface area contributed by atoms with E-state index in [-0.39, 0.29) is 12.3 Å². The number of phenols is 1. The van der Waals surface area contributed by atoms with Gasteiger partial charge >= 0.3 is 0 Å². The van der Waals surface area contributed by atoms with Gasteiger partial charge < -0.3 is 5.11 Å². The van der Waals surface area contributed by atoms with Crippen molar-refractivity contribution in [3.05, 3.63) is 29.8 Å². The van der Waals surface area contributed by atoms with E-state index in [0.717, 1.165) is 6.26 Å². The van der Waals surface area contributed by atoms with Gasteiger partial charge in [-0.1, -0.05) is 18.2 Å². The normalized spacial score (nSPS) is 12.5. The maximum absolute atomic E-state index is 11.4. The number of aromatic hydroxyl groups is 1. The molecule has 0 unspecified atom stereocenters. The van der Waals surface area contributed by atoms with E-state index in [0.29, 0.717) is 5.56 Å². The molecule has 0 saturated carbocycles. The highest BCUT2D eigenvalue weighted by atomic mass is 32.3. The second-order valence-corrected chi connectivity index (χ2v) is 7.92. The van der Waals surface area contributed by atoms with Gasteiger partial charge in [0.25, 0.3) is 0 Å². The first-order chi connectivity index (χ1) is 7.70. The van der Waals surface area contributed by atoms with E-state index in [1.807, 2.05) is 0 Å². The number of rotatable bonds is 5. The lowest BCUT2D eigenvalue weighted by atomic mass is 10.2. The van der Waals surface area contributed by atoms with E-state index in [2.05, 4.69) is 4.72 Å². The van der Waals surface area contributed by atoms with Crippen LogP contribution in [-0.4, -0.2) is 33.3 Å². The van der Waals surface area contributed by atoms with E-state index in [4.69, 9.17) is 0 Å². The van der Waals surface area contributed by atoms with E-state index >= 15 is 0 Å². The third-order valence-corrected chi connectivity index (χ3v) is 5.38. The van der Waals surface area contributed by atoms with Crippen molar-refractivity contribution >= 4 is 19.9 Å². The molecule has 1 aromatic rings. The standard InChI is InChI=1S/C9H13NO5S2/c1-16(12,13)7-17(14,15)10-6-8-4-2-3-5-9(8)11/h2-5,10-11H,6-7H2,1H3. The first-order valence-corrected chi connectivity index (χ1v) is 8.33. The molecule has 1 rings (SSSR count). The van der Waals surface area contributed by atoms with Gasteiger partial charge in [-0.15, -0.1) is 0 Å². The van der Waals surface area contributed by atoms with Crippen LogP contribution in [0.15, 0.2) is 24.3 Å². The average molecular weight is 279 g/mol. The zero-order valence-electron chi connectivity index (χ0n) is 9.12. The Hall–Kier alpha value is -1.12. The summed E-state index contributed by atoms with van der Waals surface area (Å²) in [4.78, 5) is 0. The monoisotopic (exact) mass is 279 g/mol. The minimum absolute atomic E-state index is 0.0467. The van der Waals surface area contributed by atoms with Crippen LogP contribution in [0.25, 0.3) is 0 Å². The highest BCUT2D eigenvalue weighted by molar-refractivity contribution is 8.06. The molecule has 0 radical (unpaired) electrons. The third-order valence-electron chi connectivity index (χ3n) is 1.84. The van der Waals surface area contributed by atoms with Crippen molar-refractivity contribution in [2.45, 2.75) is 6.54 Å². The summed E-state index contributed by atoms with van der Waals surface area (Å²) in [6.45, 7) is -0.148. The van der Waals surface area contributed by atoms with Crippen LogP contribution < -0.4 is 4.72 Å². The molecule has 0 fully saturated rings. The number of para-hydroxylation sites is 1. The molecule has 0 bridgehead atoms. The second-order valence-electron chi connectivity index (χ2n) is 3.61. The Labute approximate surface area is 100 Å². The molecule has 96 valence electrons. The minimum Gasteiger partial charge on any atom is -0.508 e. The molecule has 0 aliphatic heterocycles. The number of phenolic OH excluding ortho intramolecular Hbond substituents is 1. The number of nitrogens with one attached hydrogen (secondary N) is 1. The van der Waals surface area contributed by atoms with Crippen LogP contribution in [0.5, 0.6) is 5.75 Å². The van der Waals surface area contributed by atoms with Gasteiger partial charge in [-0.3, -0.25) is 0 Å². The van der Waals surface area contributed by atoms with Crippen molar-refractivity contribution in [3.63, 3.8) is 0 Å². The van der Waals surface area contributed by atoms with Crippen LogP contribution in [0.3, 0.4) is 0 Å². The summed E-state index contributed by atoms with van der Waals surface area (Å²) in [5.74, 6) is -0.0467. The van der Waals surface area contributed by atoms with Gasteiger partial charge in [0.1, 0.15) is 5.75 Å². The SMILES string of the molecule is CS(=O)(=O)CS(=O)(=O)NCc1ccccc1O. The minimum atomic E-state index is -3.90. The van der Waals surface area contributed by atoms with Crippen LogP contribution in [0.1, 0.15) is 5.56 Å². The van der Waals surface area contributed by atoms with E-state index in [9.17, 15) is 21.9 Å². The first kappa shape index (κ1) is 13.9. The van der Waals surface area contributed by atoms with E-state index < -0.39 is 24.9 Å². The fraction of sp³-hybridized carbons (Fsp3) is 0.333. The highest BCUT2D eigenvalue weighted by Gasteiger charge is 2.17. The molecule has 0 heterocycles. The molecule has 1 aromatic carbocycles. The quantitative estimate of drug-likeness (QED) is 0.778. The molecule has 0 amide bonds. The van der Waals surface area contributed by atoms with Crippen molar-refractivity contribution < 1.29 is 21.9 Å². The Morgan fingerprint density at radius 3 is 2.29 bits per heavy atom. The van der Waals surface area contributed by atoms with Gasteiger partial charge in [-0.2, -0.15) is 0 Å². The summed E-state index contributed by atoms with van der Waals surface area (Å²) in [6, 6.07) is 6.20. The van der Waals surface area contributed by atoms with Gasteiger partial charge in [0, 0.05) is 18.4 Å². The Morgan fingerprint density at radius 2 is 1.76 bits per heavy atom. The van der Waals surface area contributed by atoms with Gasteiger partial charge in [-0.05, 0) is 6.07 Å². The zero-order valence-corrected chi connectivity index (χ0v) is 10.8. The largest absolute Gasteiger partial charge is 0.508 e. The van der Waals surface area contributed by atoms with Crippen LogP contribution in [0, 0.1) is 0 Å². The lowest BCUT2D eigenvalue weighted by Crippen LogP contribution is -2.29. The van der Waals surface area contributed by atoms with Gasteiger partial charge in [0.2, 0.25) is 10.0 Å². The highest BCUT2D eigenvalue weighted by Crippen LogP contribution is 2.15. The van der Waals surface area contributed by atoms with Crippen LogP contribution in [0.4, 0.5) is 0 Å². The Kier molecular flexibility index (Phi) is 4.12. The molecular weight excluding hydrogens is 266 g/mol. The number of hydrogen-bond acceptors (Lipinski definition) is 5. The van der Waals surface area contributed by atoms with Crippen molar-refractivity contribution in [3.8, 4) is 5.75 Å². The number of sulfonamides is 1. The molecule has 0 aliphatic carbocycles. The second kappa shape index (κ2) is 5.03. The molecule has 0 aliphatic rings. The lowest BCUT2D eigenvalue weighted by Gasteiger charge is -2.06. The number of sulfone groups is 1. The fourth-order valence-electron chi connectivity index (χ4n) is 1.17. The van der Waals surface area contributed by atoms with Crippen LogP contribution in [0.2, 0.25) is 0 Å². The smallest absolute Gasteiger partial charge is 0.226 e. The molecule has 6 nitrogen and oxygen atoms in total. The summed E-state index contributed by atoms with van der Waals surface area (Å²) in [5.41, 5.74) is 0.379. The maximum Gasteiger partial charge on any atom is 0.226 e. The lowest BCUT2D eigenvalue weighted by molar-refractivity contribution is 0.467. The molecule has 17 heavy (non-hydrogen) atoms. The molecule has 0 saturated heterocycles. The van der Waals surface area contributed by atoms with Crippen molar-refractivity contribution in [1.82, 2.24) is 4.72 Å². The fourth-order valence-corrected chi connectivity index (χ4v) is 4.13. The van der Waals surface area contributed by atoms with Crippen molar-refractivity contribution in [1.29, 1.82) is 0 Å². The molecule has 0 spiro atoms. The van der Waals surface area contributed by atoms with E-state index in [1.54, 1.807) is 12.1 Å². The summed E-state index contributed by atoms with van der Waals surface area (Å²) in [6.07, 6.45) is 0.840. The Morgan fingerprint density at radius 1 is 1.18 bits per heavy atom. The van der Waals surface area contributed by atoms with Gasteiger partial charge in [0.15, 0.2) is 14.9 Å². The predicted molar refractivity (Wildman–Crippen MR) is 63.6 cm³/mol. The molecular formula is C9H13NO5S2. The molecule has 2 N–H and O–H groups in total. The van der Waals surface area contributed by atoms with E-state index in [1.165, 1.54) is 12.1 Å². The third kappa shape index (κ3) is 5.16. The summed E-state index contributed by atoms with van der Waals surface area (Å²) in [5, 5.41) is 8.42. The van der Waals surface area contributed by atoms with Gasteiger partial charge in [0.05, 0.1) is 0 Å². The topological polar surface area (TPSA) is 101 Å². The summed E-state index contributed by atoms with van der Waals surface area (Å²) in [7, 11) is -7.51. The van der Waals surface area contributed by atoms with Gasteiger partial charge in [-0.25, -0.2) is 21.6 Å². The number of hydrogen-bond donors (Lipinski definition) is 2. The molecule has 0 atom stereocenters. The van der Waals surface area contributed by atoms with Crippen LogP contribution >= 0.6 is 0 Å². The predicted octanol–water partition coefficient (Wildman–Crippen LogP) is -0.186. The Bertz CT molecular complexity index is 592. The zero-order chi connectivity index (χ0) is 13.1. The van der Waals surface area contributed by atoms with Crippen molar-refractivity contribution in [2.75, 3.05) is 11.3 Å². The average Bonchev–Trinajstić information content (AvgIpc) is 2.13. The van der Waals surface area contributed by atoms with Crippen molar-refractivity contribution in [2.24, 2.45) is 0 Å². The Balaban J connectivity index is 2.72.